The number of piperidine rings is 1. The zero-order chi connectivity index (χ0) is 13.5. The van der Waals surface area contributed by atoms with Crippen LogP contribution in [0.1, 0.15) is 46.0 Å². The van der Waals surface area contributed by atoms with Crippen LogP contribution in [0.3, 0.4) is 0 Å². The largest absolute Gasteiger partial charge is 0.481 e. The van der Waals surface area contributed by atoms with Crippen LogP contribution in [0.25, 0.3) is 0 Å². The Morgan fingerprint density at radius 3 is 2.61 bits per heavy atom. The Labute approximate surface area is 109 Å². The van der Waals surface area contributed by atoms with Crippen molar-refractivity contribution in [2.24, 2.45) is 0 Å². The first kappa shape index (κ1) is 14.8. The summed E-state index contributed by atoms with van der Waals surface area (Å²) in [5.41, 5.74) is 0. The standard InChI is InChI=1S/C13H24N2O3/c1-3-8-14(4-2)13(18)15-9-6-5-7-11(15)10-12(16)17/h11H,3-10H2,1-2H3,(H,16,17). The summed E-state index contributed by atoms with van der Waals surface area (Å²) in [6.45, 7) is 6.12. The number of carbonyl (C=O) groups excluding carboxylic acids is 1. The fraction of sp³-hybridized carbons (Fsp3) is 0.846. The minimum Gasteiger partial charge on any atom is -0.481 e. The number of aliphatic carboxylic acids is 1. The van der Waals surface area contributed by atoms with Gasteiger partial charge in [0.1, 0.15) is 0 Å². The zero-order valence-electron chi connectivity index (χ0n) is 11.4. The molecular weight excluding hydrogens is 232 g/mol. The molecule has 1 unspecified atom stereocenters. The van der Waals surface area contributed by atoms with Crippen molar-refractivity contribution in [1.29, 1.82) is 0 Å². The van der Waals surface area contributed by atoms with Crippen molar-refractivity contribution in [1.82, 2.24) is 9.80 Å². The van der Waals surface area contributed by atoms with Gasteiger partial charge in [0.2, 0.25) is 0 Å². The molecule has 0 aromatic rings. The number of carbonyl (C=O) groups is 2. The predicted octanol–water partition coefficient (Wildman–Crippen LogP) is 2.17. The quantitative estimate of drug-likeness (QED) is 0.820. The van der Waals surface area contributed by atoms with E-state index in [2.05, 4.69) is 0 Å². The monoisotopic (exact) mass is 256 g/mol. The molecule has 1 aliphatic rings. The Balaban J connectivity index is 2.69. The normalized spacial score (nSPS) is 19.7. The summed E-state index contributed by atoms with van der Waals surface area (Å²) < 4.78 is 0. The van der Waals surface area contributed by atoms with Gasteiger partial charge in [-0.1, -0.05) is 6.92 Å². The molecule has 2 amide bonds. The van der Waals surface area contributed by atoms with Gasteiger partial charge in [-0.2, -0.15) is 0 Å². The lowest BCUT2D eigenvalue weighted by atomic mass is 10.00. The molecule has 1 saturated heterocycles. The van der Waals surface area contributed by atoms with Crippen LogP contribution < -0.4 is 0 Å². The van der Waals surface area contributed by atoms with Gasteiger partial charge in [0.05, 0.1) is 6.42 Å². The Morgan fingerprint density at radius 1 is 1.33 bits per heavy atom. The van der Waals surface area contributed by atoms with Gasteiger partial charge in [0.15, 0.2) is 0 Å². The lowest BCUT2D eigenvalue weighted by Crippen LogP contribution is -2.51. The first-order valence-corrected chi connectivity index (χ1v) is 6.87. The molecule has 1 heterocycles. The first-order chi connectivity index (χ1) is 8.60. The lowest BCUT2D eigenvalue weighted by molar-refractivity contribution is -0.138. The minimum atomic E-state index is -0.821. The number of carboxylic acid groups (broad SMARTS) is 1. The van der Waals surface area contributed by atoms with Crippen molar-refractivity contribution in [3.05, 3.63) is 0 Å². The van der Waals surface area contributed by atoms with Gasteiger partial charge in [0.25, 0.3) is 0 Å². The summed E-state index contributed by atoms with van der Waals surface area (Å²) in [5, 5.41) is 8.91. The second kappa shape index (κ2) is 7.24. The summed E-state index contributed by atoms with van der Waals surface area (Å²) in [5.74, 6) is -0.821. The molecule has 18 heavy (non-hydrogen) atoms. The molecule has 1 N–H and O–H groups in total. The number of urea groups is 1. The molecule has 0 aromatic carbocycles. The summed E-state index contributed by atoms with van der Waals surface area (Å²) in [7, 11) is 0. The number of hydrogen-bond donors (Lipinski definition) is 1. The number of hydrogen-bond acceptors (Lipinski definition) is 2. The third kappa shape index (κ3) is 3.89. The molecule has 1 rings (SSSR count). The van der Waals surface area contributed by atoms with Crippen LogP contribution in [-0.4, -0.2) is 52.6 Å². The zero-order valence-corrected chi connectivity index (χ0v) is 11.4. The van der Waals surface area contributed by atoms with E-state index in [-0.39, 0.29) is 18.5 Å². The van der Waals surface area contributed by atoms with Crippen LogP contribution in [0.5, 0.6) is 0 Å². The second-order valence-electron chi connectivity index (χ2n) is 4.80. The highest BCUT2D eigenvalue weighted by atomic mass is 16.4. The number of amides is 2. The van der Waals surface area contributed by atoms with Gasteiger partial charge in [-0.15, -0.1) is 0 Å². The van der Waals surface area contributed by atoms with E-state index in [9.17, 15) is 9.59 Å². The van der Waals surface area contributed by atoms with E-state index in [4.69, 9.17) is 5.11 Å². The highest BCUT2D eigenvalue weighted by molar-refractivity contribution is 5.76. The fourth-order valence-corrected chi connectivity index (χ4v) is 2.51. The minimum absolute atomic E-state index is 0.00491. The van der Waals surface area contributed by atoms with Crippen LogP contribution in [0.2, 0.25) is 0 Å². The Morgan fingerprint density at radius 2 is 2.06 bits per heavy atom. The second-order valence-corrected chi connectivity index (χ2v) is 4.80. The van der Waals surface area contributed by atoms with E-state index in [0.29, 0.717) is 13.1 Å². The van der Waals surface area contributed by atoms with Crippen LogP contribution in [0.4, 0.5) is 4.79 Å². The maximum absolute atomic E-state index is 12.4. The number of rotatable bonds is 5. The third-order valence-corrected chi connectivity index (χ3v) is 3.43. The van der Waals surface area contributed by atoms with E-state index in [1.807, 2.05) is 13.8 Å². The topological polar surface area (TPSA) is 60.9 Å². The lowest BCUT2D eigenvalue weighted by Gasteiger charge is -2.38. The van der Waals surface area contributed by atoms with Gasteiger partial charge in [0, 0.05) is 25.7 Å². The van der Waals surface area contributed by atoms with Gasteiger partial charge in [-0.05, 0) is 32.6 Å². The molecule has 0 bridgehead atoms. The molecule has 0 saturated carbocycles. The summed E-state index contributed by atoms with van der Waals surface area (Å²) >= 11 is 0. The van der Waals surface area contributed by atoms with E-state index >= 15 is 0 Å². The predicted molar refractivity (Wildman–Crippen MR) is 69.5 cm³/mol. The Bertz CT molecular complexity index is 294. The van der Waals surface area contributed by atoms with Crippen LogP contribution in [0.15, 0.2) is 0 Å². The molecular formula is C13H24N2O3. The Kier molecular flexibility index (Phi) is 5.95. The highest BCUT2D eigenvalue weighted by Crippen LogP contribution is 2.21. The summed E-state index contributed by atoms with van der Waals surface area (Å²) in [6, 6.07) is -0.125. The van der Waals surface area contributed by atoms with Crippen molar-refractivity contribution in [2.75, 3.05) is 19.6 Å². The van der Waals surface area contributed by atoms with Crippen molar-refractivity contribution < 1.29 is 14.7 Å². The molecule has 5 heteroatoms. The Hall–Kier alpha value is -1.26. The van der Waals surface area contributed by atoms with Gasteiger partial charge < -0.3 is 14.9 Å². The number of nitrogens with zero attached hydrogens (tertiary/aromatic N) is 2. The van der Waals surface area contributed by atoms with E-state index in [1.165, 1.54) is 0 Å². The third-order valence-electron chi connectivity index (χ3n) is 3.43. The van der Waals surface area contributed by atoms with Gasteiger partial charge in [-0.25, -0.2) is 4.79 Å². The number of carboxylic acids is 1. The van der Waals surface area contributed by atoms with Crippen LogP contribution in [-0.2, 0) is 4.79 Å². The average Bonchev–Trinajstić information content (AvgIpc) is 2.35. The molecule has 0 spiro atoms. The molecule has 0 radical (unpaired) electrons. The summed E-state index contributed by atoms with van der Waals surface area (Å²) in [4.78, 5) is 26.8. The number of likely N-dealkylation sites (tertiary alicyclic amines) is 1. The first-order valence-electron chi connectivity index (χ1n) is 6.87. The SMILES string of the molecule is CCCN(CC)C(=O)N1CCCCC1CC(=O)O. The maximum atomic E-state index is 12.4. The van der Waals surface area contributed by atoms with Crippen molar-refractivity contribution in [2.45, 2.75) is 52.0 Å². The van der Waals surface area contributed by atoms with Gasteiger partial charge in [-0.3, -0.25) is 4.79 Å². The molecule has 5 nitrogen and oxygen atoms in total. The van der Waals surface area contributed by atoms with Crippen molar-refractivity contribution in [3.63, 3.8) is 0 Å². The van der Waals surface area contributed by atoms with Crippen LogP contribution >= 0.6 is 0 Å². The molecule has 0 aromatic heterocycles. The van der Waals surface area contributed by atoms with Crippen molar-refractivity contribution in [3.8, 4) is 0 Å². The molecule has 1 aliphatic heterocycles. The average molecular weight is 256 g/mol. The molecule has 1 atom stereocenters. The maximum Gasteiger partial charge on any atom is 0.320 e. The van der Waals surface area contributed by atoms with Crippen LogP contribution in [0, 0.1) is 0 Å². The smallest absolute Gasteiger partial charge is 0.320 e. The van der Waals surface area contributed by atoms with Gasteiger partial charge >= 0.3 is 12.0 Å². The fourth-order valence-electron chi connectivity index (χ4n) is 2.51. The summed E-state index contributed by atoms with van der Waals surface area (Å²) in [6.07, 6.45) is 3.79. The molecule has 1 fully saturated rings. The van der Waals surface area contributed by atoms with E-state index in [0.717, 1.165) is 32.2 Å². The molecule has 104 valence electrons. The van der Waals surface area contributed by atoms with E-state index in [1.54, 1.807) is 9.80 Å². The highest BCUT2D eigenvalue weighted by Gasteiger charge is 2.30. The molecule has 0 aliphatic carbocycles. The van der Waals surface area contributed by atoms with Crippen molar-refractivity contribution >= 4 is 12.0 Å². The van der Waals surface area contributed by atoms with E-state index < -0.39 is 5.97 Å².